The van der Waals surface area contributed by atoms with Gasteiger partial charge in [-0.15, -0.1) is 0 Å². The van der Waals surface area contributed by atoms with E-state index in [9.17, 15) is 14.7 Å². The fourth-order valence-corrected chi connectivity index (χ4v) is 1.72. The van der Waals surface area contributed by atoms with E-state index in [4.69, 9.17) is 5.11 Å². The van der Waals surface area contributed by atoms with Gasteiger partial charge in [-0.05, 0) is 6.42 Å². The van der Waals surface area contributed by atoms with E-state index in [0.717, 1.165) is 12.8 Å². The molecule has 0 rings (SSSR count). The molecule has 0 heterocycles. The maximum absolute atomic E-state index is 11.2. The molecule has 106 valence electrons. The molecule has 0 aromatic rings. The Balaban J connectivity index is 3.43. The molecule has 0 saturated heterocycles. The summed E-state index contributed by atoms with van der Waals surface area (Å²) < 4.78 is 0. The molecular weight excluding hydrogens is 234 g/mol. The fraction of sp³-hybridized carbons (Fsp3) is 0.846. The first-order chi connectivity index (χ1) is 8.56. The minimum Gasteiger partial charge on any atom is -0.480 e. The van der Waals surface area contributed by atoms with Crippen LogP contribution in [0, 0.1) is 0 Å². The first-order valence-electron chi connectivity index (χ1n) is 6.72. The van der Waals surface area contributed by atoms with Gasteiger partial charge in [-0.25, -0.2) is 0 Å². The normalized spacial score (nSPS) is 12.1. The number of carbonyl (C=O) groups excluding carboxylic acids is 1. The van der Waals surface area contributed by atoms with E-state index in [1.165, 1.54) is 25.7 Å². The molecule has 0 aromatic carbocycles. The zero-order valence-corrected chi connectivity index (χ0v) is 11.2. The van der Waals surface area contributed by atoms with Gasteiger partial charge in [0.1, 0.15) is 6.54 Å². The molecule has 5 heteroatoms. The van der Waals surface area contributed by atoms with E-state index in [1.807, 2.05) is 0 Å². The molecule has 0 saturated carbocycles. The van der Waals surface area contributed by atoms with Crippen LogP contribution in [-0.4, -0.2) is 34.7 Å². The Kier molecular flexibility index (Phi) is 10.3. The van der Waals surface area contributed by atoms with Crippen molar-refractivity contribution in [3.63, 3.8) is 0 Å². The van der Waals surface area contributed by atoms with E-state index in [1.54, 1.807) is 0 Å². The molecular formula is C13H25NO4. The van der Waals surface area contributed by atoms with Crippen LogP contribution >= 0.6 is 0 Å². The zero-order valence-electron chi connectivity index (χ0n) is 11.2. The third kappa shape index (κ3) is 11.4. The molecule has 0 aliphatic heterocycles. The number of hydrogen-bond acceptors (Lipinski definition) is 3. The molecule has 1 amide bonds. The Morgan fingerprint density at radius 1 is 1.11 bits per heavy atom. The molecule has 0 spiro atoms. The van der Waals surface area contributed by atoms with Gasteiger partial charge in [0.25, 0.3) is 0 Å². The van der Waals surface area contributed by atoms with Crippen LogP contribution in [0.3, 0.4) is 0 Å². The van der Waals surface area contributed by atoms with Gasteiger partial charge in [-0.1, -0.05) is 45.4 Å². The standard InChI is InChI=1S/C13H25NO4/c1-2-3-4-5-6-7-8-11(15)9-12(16)14-10-13(17)18/h11,15H,2-10H2,1H3,(H,14,16)(H,17,18). The Labute approximate surface area is 109 Å². The van der Waals surface area contributed by atoms with Crippen molar-refractivity contribution in [3.05, 3.63) is 0 Å². The van der Waals surface area contributed by atoms with E-state index < -0.39 is 18.0 Å². The van der Waals surface area contributed by atoms with Crippen LogP contribution < -0.4 is 5.32 Å². The topological polar surface area (TPSA) is 86.6 Å². The summed E-state index contributed by atoms with van der Waals surface area (Å²) in [6, 6.07) is 0. The van der Waals surface area contributed by atoms with Gasteiger partial charge in [-0.3, -0.25) is 9.59 Å². The average Bonchev–Trinajstić information content (AvgIpc) is 2.31. The van der Waals surface area contributed by atoms with Crippen LogP contribution in [0.15, 0.2) is 0 Å². The molecule has 0 aromatic heterocycles. The van der Waals surface area contributed by atoms with Crippen molar-refractivity contribution in [2.45, 2.75) is 64.4 Å². The third-order valence-corrected chi connectivity index (χ3v) is 2.75. The summed E-state index contributed by atoms with van der Waals surface area (Å²) in [6.07, 6.45) is 6.79. The molecule has 0 aliphatic rings. The molecule has 1 atom stereocenters. The van der Waals surface area contributed by atoms with Crippen LogP contribution in [0.1, 0.15) is 58.3 Å². The first kappa shape index (κ1) is 16.9. The smallest absolute Gasteiger partial charge is 0.322 e. The Morgan fingerprint density at radius 2 is 1.72 bits per heavy atom. The van der Waals surface area contributed by atoms with Crippen molar-refractivity contribution in [1.82, 2.24) is 5.32 Å². The number of hydrogen-bond donors (Lipinski definition) is 3. The Bertz CT molecular complexity index is 243. The number of aliphatic hydroxyl groups excluding tert-OH is 1. The highest BCUT2D eigenvalue weighted by Crippen LogP contribution is 2.10. The van der Waals surface area contributed by atoms with Crippen molar-refractivity contribution in [1.29, 1.82) is 0 Å². The van der Waals surface area contributed by atoms with E-state index >= 15 is 0 Å². The molecule has 0 bridgehead atoms. The maximum Gasteiger partial charge on any atom is 0.322 e. The van der Waals surface area contributed by atoms with E-state index in [2.05, 4.69) is 12.2 Å². The SMILES string of the molecule is CCCCCCCCC(O)CC(=O)NCC(=O)O. The molecule has 1 unspecified atom stereocenters. The summed E-state index contributed by atoms with van der Waals surface area (Å²) in [5, 5.41) is 20.2. The molecule has 18 heavy (non-hydrogen) atoms. The quantitative estimate of drug-likeness (QED) is 0.493. The lowest BCUT2D eigenvalue weighted by atomic mass is 10.1. The van der Waals surface area contributed by atoms with Gasteiger partial charge in [0.05, 0.1) is 12.5 Å². The second kappa shape index (κ2) is 11.0. The van der Waals surface area contributed by atoms with Crippen LogP contribution in [0.2, 0.25) is 0 Å². The van der Waals surface area contributed by atoms with Gasteiger partial charge < -0.3 is 15.5 Å². The third-order valence-electron chi connectivity index (χ3n) is 2.75. The number of aliphatic carboxylic acids is 1. The summed E-state index contributed by atoms with van der Waals surface area (Å²) >= 11 is 0. The lowest BCUT2D eigenvalue weighted by Crippen LogP contribution is -2.31. The number of aliphatic hydroxyl groups is 1. The Morgan fingerprint density at radius 3 is 2.33 bits per heavy atom. The summed E-state index contributed by atoms with van der Waals surface area (Å²) in [7, 11) is 0. The first-order valence-corrected chi connectivity index (χ1v) is 6.72. The summed E-state index contributed by atoms with van der Waals surface area (Å²) in [6.45, 7) is 1.78. The van der Waals surface area contributed by atoms with E-state index in [-0.39, 0.29) is 13.0 Å². The minimum atomic E-state index is -1.08. The molecule has 5 nitrogen and oxygen atoms in total. The van der Waals surface area contributed by atoms with Gasteiger partial charge in [-0.2, -0.15) is 0 Å². The number of rotatable bonds is 11. The zero-order chi connectivity index (χ0) is 13.8. The van der Waals surface area contributed by atoms with Gasteiger partial charge >= 0.3 is 5.97 Å². The largest absolute Gasteiger partial charge is 0.480 e. The molecule has 0 aliphatic carbocycles. The highest BCUT2D eigenvalue weighted by Gasteiger charge is 2.11. The van der Waals surface area contributed by atoms with Gasteiger partial charge in [0.15, 0.2) is 0 Å². The number of carboxylic acid groups (broad SMARTS) is 1. The average molecular weight is 259 g/mol. The van der Waals surface area contributed by atoms with Crippen LogP contribution in [-0.2, 0) is 9.59 Å². The second-order valence-corrected chi connectivity index (χ2v) is 4.58. The van der Waals surface area contributed by atoms with Crippen molar-refractivity contribution in [2.24, 2.45) is 0 Å². The van der Waals surface area contributed by atoms with Crippen LogP contribution in [0.25, 0.3) is 0 Å². The Hall–Kier alpha value is -1.10. The highest BCUT2D eigenvalue weighted by atomic mass is 16.4. The van der Waals surface area contributed by atoms with Crippen molar-refractivity contribution in [2.75, 3.05) is 6.54 Å². The monoisotopic (exact) mass is 259 g/mol. The number of unbranched alkanes of at least 4 members (excludes halogenated alkanes) is 5. The second-order valence-electron chi connectivity index (χ2n) is 4.58. The minimum absolute atomic E-state index is 0.0117. The predicted octanol–water partition coefficient (Wildman–Crippen LogP) is 1.69. The fourth-order valence-electron chi connectivity index (χ4n) is 1.72. The summed E-state index contributed by atoms with van der Waals surface area (Å²) in [4.78, 5) is 21.4. The van der Waals surface area contributed by atoms with Crippen LogP contribution in [0.4, 0.5) is 0 Å². The summed E-state index contributed by atoms with van der Waals surface area (Å²) in [5.74, 6) is -1.48. The predicted molar refractivity (Wildman–Crippen MR) is 69.3 cm³/mol. The maximum atomic E-state index is 11.2. The number of carbonyl (C=O) groups is 2. The number of amides is 1. The summed E-state index contributed by atoms with van der Waals surface area (Å²) in [5.41, 5.74) is 0. The van der Waals surface area contributed by atoms with Crippen molar-refractivity contribution in [3.8, 4) is 0 Å². The molecule has 0 fully saturated rings. The van der Waals surface area contributed by atoms with Gasteiger partial charge in [0.2, 0.25) is 5.91 Å². The van der Waals surface area contributed by atoms with Gasteiger partial charge in [0, 0.05) is 0 Å². The van der Waals surface area contributed by atoms with E-state index in [0.29, 0.717) is 6.42 Å². The molecule has 3 N–H and O–H groups in total. The lowest BCUT2D eigenvalue weighted by Gasteiger charge is -2.09. The molecule has 0 radical (unpaired) electrons. The van der Waals surface area contributed by atoms with Crippen molar-refractivity contribution >= 4 is 11.9 Å². The lowest BCUT2D eigenvalue weighted by molar-refractivity contribution is -0.138. The van der Waals surface area contributed by atoms with Crippen LogP contribution in [0.5, 0.6) is 0 Å². The number of nitrogens with one attached hydrogen (secondary N) is 1. The number of carboxylic acids is 1. The van der Waals surface area contributed by atoms with Crippen molar-refractivity contribution < 1.29 is 19.8 Å². The highest BCUT2D eigenvalue weighted by molar-refractivity contribution is 5.81.